The van der Waals surface area contributed by atoms with Crippen LogP contribution < -0.4 is 32.7 Å². The van der Waals surface area contributed by atoms with Crippen LogP contribution in [0.3, 0.4) is 0 Å². The maximum Gasteiger partial charge on any atom is 0.326 e. The van der Waals surface area contributed by atoms with Crippen molar-refractivity contribution >= 4 is 40.6 Å². The first-order valence-electron chi connectivity index (χ1n) is 14.9. The van der Waals surface area contributed by atoms with Gasteiger partial charge in [0.25, 0.3) is 0 Å². The molecule has 0 aliphatic carbocycles. The number of fused-ring (bicyclic) bond motifs is 1. The van der Waals surface area contributed by atoms with E-state index in [9.17, 15) is 29.4 Å². The molecule has 3 amide bonds. The van der Waals surface area contributed by atoms with Crippen LogP contribution in [-0.2, 0) is 32.0 Å². The Kier molecular flexibility index (Phi) is 11.3. The number of para-hydroxylation sites is 1. The number of aromatic hydroxyl groups is 1. The second kappa shape index (κ2) is 15.6. The molecule has 4 atom stereocenters. The number of amides is 3. The van der Waals surface area contributed by atoms with Crippen LogP contribution in [0, 0.1) is 0 Å². The van der Waals surface area contributed by atoms with E-state index < -0.39 is 42.0 Å². The first kappa shape index (κ1) is 32.8. The summed E-state index contributed by atoms with van der Waals surface area (Å²) in [6.45, 7) is 0.879. The van der Waals surface area contributed by atoms with Gasteiger partial charge in [0.05, 0.1) is 6.04 Å². The number of carbonyl (C=O) groups excluding carboxylic acids is 3. The fourth-order valence-corrected chi connectivity index (χ4v) is 5.29. The molecule has 1 aliphatic heterocycles. The Hall–Kier alpha value is -5.11. The summed E-state index contributed by atoms with van der Waals surface area (Å²) >= 11 is 0. The van der Waals surface area contributed by atoms with Gasteiger partial charge < -0.3 is 47.9 Å². The van der Waals surface area contributed by atoms with Crippen LogP contribution in [0.25, 0.3) is 10.9 Å². The molecule has 0 radical (unpaired) electrons. The fraction of sp³-hybridized carbons (Fsp3) is 0.387. The summed E-state index contributed by atoms with van der Waals surface area (Å²) in [5.74, 6) is -3.00. The van der Waals surface area contributed by atoms with Gasteiger partial charge in [-0.25, -0.2) is 4.79 Å². The summed E-state index contributed by atoms with van der Waals surface area (Å²) in [6.07, 6.45) is 3.73. The van der Waals surface area contributed by atoms with Crippen LogP contribution >= 0.6 is 0 Å². The summed E-state index contributed by atoms with van der Waals surface area (Å²) in [6, 6.07) is 9.75. The van der Waals surface area contributed by atoms with Crippen LogP contribution in [0.1, 0.15) is 36.8 Å². The fourth-order valence-electron chi connectivity index (χ4n) is 5.29. The molecule has 2 aromatic carbocycles. The second-order valence-corrected chi connectivity index (χ2v) is 11.1. The number of phenolic OH excluding ortho intramolecular Hbond substituents is 1. The summed E-state index contributed by atoms with van der Waals surface area (Å²) in [4.78, 5) is 59.5. The van der Waals surface area contributed by atoms with Crippen molar-refractivity contribution in [2.75, 3.05) is 13.1 Å². The van der Waals surface area contributed by atoms with Gasteiger partial charge in [0.15, 0.2) is 5.96 Å². The lowest BCUT2D eigenvalue weighted by Gasteiger charge is -2.25. The number of aliphatic carboxylic acids is 1. The van der Waals surface area contributed by atoms with Crippen LogP contribution in [0.15, 0.2) is 59.7 Å². The van der Waals surface area contributed by atoms with E-state index in [-0.39, 0.29) is 49.8 Å². The van der Waals surface area contributed by atoms with Gasteiger partial charge in [0.2, 0.25) is 17.7 Å². The molecule has 240 valence electrons. The molecule has 1 fully saturated rings. The number of aromatic amines is 1. The predicted octanol–water partition coefficient (Wildman–Crippen LogP) is 0.00330. The Morgan fingerprint density at radius 3 is 2.29 bits per heavy atom. The number of nitrogens with one attached hydrogen (secondary N) is 5. The molecule has 0 bridgehead atoms. The van der Waals surface area contributed by atoms with Gasteiger partial charge in [-0.1, -0.05) is 30.3 Å². The number of carboxylic acid groups (broad SMARTS) is 1. The summed E-state index contributed by atoms with van der Waals surface area (Å²) in [7, 11) is 0. The van der Waals surface area contributed by atoms with Crippen molar-refractivity contribution in [3.63, 3.8) is 0 Å². The van der Waals surface area contributed by atoms with E-state index in [1.807, 2.05) is 24.3 Å². The van der Waals surface area contributed by atoms with Crippen molar-refractivity contribution in [3.05, 3.63) is 65.9 Å². The van der Waals surface area contributed by atoms with E-state index in [0.29, 0.717) is 18.5 Å². The van der Waals surface area contributed by atoms with Gasteiger partial charge in [0, 0.05) is 36.5 Å². The van der Waals surface area contributed by atoms with E-state index in [0.717, 1.165) is 22.9 Å². The minimum absolute atomic E-state index is 0.00384. The zero-order valence-electron chi connectivity index (χ0n) is 24.8. The summed E-state index contributed by atoms with van der Waals surface area (Å²) < 4.78 is 0. The highest BCUT2D eigenvalue weighted by Gasteiger charge is 2.32. The number of aromatic nitrogens is 1. The molecule has 14 heteroatoms. The molecule has 4 rings (SSSR count). The molecule has 0 saturated carbocycles. The molecular weight excluding hydrogens is 580 g/mol. The summed E-state index contributed by atoms with van der Waals surface area (Å²) in [5.41, 5.74) is 13.0. The van der Waals surface area contributed by atoms with Gasteiger partial charge >= 0.3 is 5.97 Å². The third-order valence-electron chi connectivity index (χ3n) is 7.68. The summed E-state index contributed by atoms with van der Waals surface area (Å²) in [5, 5.41) is 31.6. The number of carboxylic acids is 1. The third kappa shape index (κ3) is 9.44. The lowest BCUT2D eigenvalue weighted by Crippen LogP contribution is -2.58. The van der Waals surface area contributed by atoms with Gasteiger partial charge in [-0.2, -0.15) is 0 Å². The smallest absolute Gasteiger partial charge is 0.326 e. The number of rotatable bonds is 15. The number of phenols is 1. The average molecular weight is 621 g/mol. The van der Waals surface area contributed by atoms with Crippen molar-refractivity contribution in [2.45, 2.75) is 62.7 Å². The number of benzene rings is 2. The van der Waals surface area contributed by atoms with Crippen LogP contribution in [0.5, 0.6) is 5.75 Å². The van der Waals surface area contributed by atoms with Crippen molar-refractivity contribution in [1.82, 2.24) is 26.3 Å². The molecule has 14 nitrogen and oxygen atoms in total. The SMILES string of the molecule is NC(N)=NCCCC(NC(=O)C(Cc1ccc(O)cc1)NC(=O)C(Cc1c[nH]c2ccccc12)NC(=O)C1CCCN1)C(=O)O. The number of hydrogen-bond donors (Lipinski definition) is 9. The maximum atomic E-state index is 13.9. The molecule has 1 saturated heterocycles. The lowest BCUT2D eigenvalue weighted by molar-refractivity contribution is -0.142. The van der Waals surface area contributed by atoms with E-state index in [1.54, 1.807) is 18.3 Å². The molecule has 3 aromatic rings. The van der Waals surface area contributed by atoms with Crippen LogP contribution in [-0.4, -0.2) is 82.1 Å². The minimum atomic E-state index is -1.26. The monoisotopic (exact) mass is 620 g/mol. The molecule has 1 aromatic heterocycles. The zero-order valence-corrected chi connectivity index (χ0v) is 24.8. The number of H-pyrrole nitrogens is 1. The second-order valence-electron chi connectivity index (χ2n) is 11.1. The Labute approximate surface area is 260 Å². The van der Waals surface area contributed by atoms with E-state index in [4.69, 9.17) is 11.5 Å². The molecule has 11 N–H and O–H groups in total. The highest BCUT2D eigenvalue weighted by atomic mass is 16.4. The lowest BCUT2D eigenvalue weighted by atomic mass is 10.0. The first-order valence-corrected chi connectivity index (χ1v) is 14.9. The number of aliphatic imine (C=N–C) groups is 1. The molecular formula is C31H40N8O6. The largest absolute Gasteiger partial charge is 0.508 e. The average Bonchev–Trinajstić information content (AvgIpc) is 3.70. The highest BCUT2D eigenvalue weighted by Crippen LogP contribution is 2.20. The van der Waals surface area contributed by atoms with Crippen molar-refractivity contribution in [1.29, 1.82) is 0 Å². The number of nitrogens with two attached hydrogens (primary N) is 2. The van der Waals surface area contributed by atoms with Gasteiger partial charge in [-0.3, -0.25) is 19.4 Å². The van der Waals surface area contributed by atoms with Crippen molar-refractivity contribution in [3.8, 4) is 5.75 Å². The Balaban J connectivity index is 1.56. The van der Waals surface area contributed by atoms with E-state index in [1.165, 1.54) is 12.1 Å². The highest BCUT2D eigenvalue weighted by molar-refractivity contribution is 5.95. The van der Waals surface area contributed by atoms with Gasteiger partial charge in [-0.05, 0) is 61.6 Å². The Morgan fingerprint density at radius 2 is 1.62 bits per heavy atom. The predicted molar refractivity (Wildman–Crippen MR) is 168 cm³/mol. The van der Waals surface area contributed by atoms with Gasteiger partial charge in [0.1, 0.15) is 23.9 Å². The number of nitrogens with zero attached hydrogens (tertiary/aromatic N) is 1. The Bertz CT molecular complexity index is 1510. The molecule has 4 unspecified atom stereocenters. The third-order valence-corrected chi connectivity index (χ3v) is 7.68. The van der Waals surface area contributed by atoms with E-state index in [2.05, 4.69) is 31.2 Å². The van der Waals surface area contributed by atoms with Crippen LogP contribution in [0.4, 0.5) is 0 Å². The maximum absolute atomic E-state index is 13.9. The van der Waals surface area contributed by atoms with Crippen LogP contribution in [0.2, 0.25) is 0 Å². The Morgan fingerprint density at radius 1 is 0.933 bits per heavy atom. The quantitative estimate of drug-likeness (QED) is 0.0631. The number of guanidine groups is 1. The molecule has 2 heterocycles. The molecule has 45 heavy (non-hydrogen) atoms. The first-order chi connectivity index (χ1) is 21.6. The molecule has 0 spiro atoms. The van der Waals surface area contributed by atoms with Crippen molar-refractivity contribution < 1.29 is 29.4 Å². The number of hydrogen-bond acceptors (Lipinski definition) is 7. The molecule has 1 aliphatic rings. The normalized spacial score (nSPS) is 16.3. The minimum Gasteiger partial charge on any atom is -0.508 e. The van der Waals surface area contributed by atoms with Crippen molar-refractivity contribution in [2.24, 2.45) is 16.5 Å². The zero-order chi connectivity index (χ0) is 32.3. The number of carbonyl (C=O) groups is 4. The standard InChI is InChI=1S/C31H40N8O6/c32-31(33)35-14-4-8-24(30(44)45)37-28(42)25(15-18-9-11-20(40)12-10-18)38-29(43)26(39-27(41)23-7-3-13-34-23)16-19-17-36-22-6-2-1-5-21(19)22/h1-2,5-6,9-12,17,23-26,34,36,40H,3-4,7-8,13-16H2,(H,37,42)(H,38,43)(H,39,41)(H,44,45)(H4,32,33,35). The topological polar surface area (TPSA) is 237 Å². The van der Waals surface area contributed by atoms with Gasteiger partial charge in [-0.15, -0.1) is 0 Å². The van der Waals surface area contributed by atoms with E-state index >= 15 is 0 Å².